The third kappa shape index (κ3) is 4.45. The summed E-state index contributed by atoms with van der Waals surface area (Å²) in [6, 6.07) is 15.9. The maximum absolute atomic E-state index is 12.4. The fourth-order valence-electron chi connectivity index (χ4n) is 2.43. The van der Waals surface area contributed by atoms with Gasteiger partial charge in [0.15, 0.2) is 18.2 Å². The lowest BCUT2D eigenvalue weighted by Gasteiger charge is -2.10. The van der Waals surface area contributed by atoms with Gasteiger partial charge in [-0.15, -0.1) is 0 Å². The van der Waals surface area contributed by atoms with Crippen LogP contribution in [-0.4, -0.2) is 31.4 Å². The van der Waals surface area contributed by atoms with Crippen LogP contribution in [0.2, 0.25) is 0 Å². The molecule has 0 aliphatic rings. The number of para-hydroxylation sites is 1. The maximum atomic E-state index is 12.4. The van der Waals surface area contributed by atoms with E-state index in [-0.39, 0.29) is 22.8 Å². The molecule has 2 aromatic carbocycles. The van der Waals surface area contributed by atoms with Crippen molar-refractivity contribution in [3.63, 3.8) is 0 Å². The topological polar surface area (TPSA) is 94.8 Å². The fourth-order valence-corrected chi connectivity index (χ4v) is 2.43. The molecule has 1 N–H and O–H groups in total. The lowest BCUT2D eigenvalue weighted by Crippen LogP contribution is -2.18. The molecule has 7 nitrogen and oxygen atoms in total. The van der Waals surface area contributed by atoms with Crippen LogP contribution in [0.5, 0.6) is 5.75 Å². The lowest BCUT2D eigenvalue weighted by atomic mass is 10.1. The molecule has 0 fully saturated rings. The van der Waals surface area contributed by atoms with Crippen molar-refractivity contribution in [2.24, 2.45) is 0 Å². The molecule has 1 amide bonds. The molecule has 1 heterocycles. The van der Waals surface area contributed by atoms with E-state index in [1.165, 1.54) is 25.5 Å². The van der Waals surface area contributed by atoms with E-state index in [9.17, 15) is 14.4 Å². The highest BCUT2D eigenvalue weighted by molar-refractivity contribution is 6.07. The maximum Gasteiger partial charge on any atom is 0.340 e. The van der Waals surface area contributed by atoms with Crippen molar-refractivity contribution < 1.29 is 28.3 Å². The minimum absolute atomic E-state index is 0.109. The number of methoxy groups -OCH3 is 1. The molecule has 0 unspecified atom stereocenters. The number of carbonyl (C=O) groups excluding carboxylic acids is 3. The van der Waals surface area contributed by atoms with E-state index < -0.39 is 18.5 Å². The Hall–Kier alpha value is -3.87. The van der Waals surface area contributed by atoms with E-state index in [4.69, 9.17) is 13.9 Å². The number of carbonyl (C=O) groups is 3. The minimum atomic E-state index is -0.725. The number of furan rings is 1. The van der Waals surface area contributed by atoms with Crippen LogP contribution in [0.3, 0.4) is 0 Å². The number of amides is 1. The predicted octanol–water partition coefficient (Wildman–Crippen LogP) is 3.58. The van der Waals surface area contributed by atoms with Crippen LogP contribution >= 0.6 is 0 Å². The van der Waals surface area contributed by atoms with Crippen molar-refractivity contribution in [1.29, 1.82) is 0 Å². The van der Waals surface area contributed by atoms with Gasteiger partial charge in [0.25, 0.3) is 5.91 Å². The van der Waals surface area contributed by atoms with Gasteiger partial charge in [-0.2, -0.15) is 0 Å². The van der Waals surface area contributed by atoms with Crippen molar-refractivity contribution in [1.82, 2.24) is 0 Å². The number of nitrogens with one attached hydrogen (secondary N) is 1. The van der Waals surface area contributed by atoms with Crippen LogP contribution in [0.15, 0.2) is 71.3 Å². The Morgan fingerprint density at radius 2 is 1.71 bits per heavy atom. The van der Waals surface area contributed by atoms with Gasteiger partial charge in [0, 0.05) is 5.56 Å². The molecule has 0 spiro atoms. The molecule has 28 heavy (non-hydrogen) atoms. The second-order valence-electron chi connectivity index (χ2n) is 5.70. The molecule has 0 saturated carbocycles. The van der Waals surface area contributed by atoms with Crippen LogP contribution in [0.25, 0.3) is 0 Å². The van der Waals surface area contributed by atoms with Gasteiger partial charge in [0.1, 0.15) is 5.75 Å². The van der Waals surface area contributed by atoms with Crippen molar-refractivity contribution in [3.05, 3.63) is 83.8 Å². The summed E-state index contributed by atoms with van der Waals surface area (Å²) in [5, 5.41) is 2.59. The van der Waals surface area contributed by atoms with Gasteiger partial charge in [-0.05, 0) is 48.5 Å². The van der Waals surface area contributed by atoms with Gasteiger partial charge in [-0.3, -0.25) is 9.59 Å². The van der Waals surface area contributed by atoms with E-state index in [0.717, 1.165) is 0 Å². The zero-order valence-electron chi connectivity index (χ0n) is 15.0. The van der Waals surface area contributed by atoms with Crippen molar-refractivity contribution >= 4 is 23.3 Å². The number of hydrogen-bond donors (Lipinski definition) is 1. The second-order valence-corrected chi connectivity index (χ2v) is 5.70. The van der Waals surface area contributed by atoms with Gasteiger partial charge in [0.05, 0.1) is 24.6 Å². The summed E-state index contributed by atoms with van der Waals surface area (Å²) >= 11 is 0. The smallest absolute Gasteiger partial charge is 0.340 e. The average Bonchev–Trinajstić information content (AvgIpc) is 3.27. The second kappa shape index (κ2) is 8.68. The molecule has 7 heteroatoms. The number of rotatable bonds is 7. The standard InChI is InChI=1S/C21H17NO6/c1-26-15-10-8-14(9-11-15)18(23)13-28-21(25)16-5-2-3-6-17(16)22-20(24)19-7-4-12-27-19/h2-12H,13H2,1H3,(H,22,24). The number of esters is 1. The number of benzene rings is 2. The Balaban J connectivity index is 1.65. The Kier molecular flexibility index (Phi) is 5.86. The van der Waals surface area contributed by atoms with E-state index in [0.29, 0.717) is 11.3 Å². The molecule has 3 rings (SSSR count). The van der Waals surface area contributed by atoms with E-state index in [1.54, 1.807) is 48.5 Å². The van der Waals surface area contributed by atoms with Crippen molar-refractivity contribution in [3.8, 4) is 5.75 Å². The highest BCUT2D eigenvalue weighted by Gasteiger charge is 2.18. The lowest BCUT2D eigenvalue weighted by molar-refractivity contribution is 0.0475. The third-order valence-electron chi connectivity index (χ3n) is 3.89. The Bertz CT molecular complexity index is 976. The molecule has 0 atom stereocenters. The third-order valence-corrected chi connectivity index (χ3v) is 3.89. The van der Waals surface area contributed by atoms with Gasteiger partial charge in [0.2, 0.25) is 0 Å². The first-order valence-corrected chi connectivity index (χ1v) is 8.36. The van der Waals surface area contributed by atoms with Crippen LogP contribution < -0.4 is 10.1 Å². The number of Topliss-reactive ketones (excluding diaryl/α,β-unsaturated/α-hetero) is 1. The minimum Gasteiger partial charge on any atom is -0.497 e. The zero-order chi connectivity index (χ0) is 19.9. The molecular weight excluding hydrogens is 362 g/mol. The molecule has 0 aliphatic heterocycles. The summed E-state index contributed by atoms with van der Waals surface area (Å²) in [5.74, 6) is -0.850. The summed E-state index contributed by atoms with van der Waals surface area (Å²) < 4.78 is 15.2. The van der Waals surface area contributed by atoms with Gasteiger partial charge < -0.3 is 19.2 Å². The molecule has 3 aromatic rings. The first kappa shape index (κ1) is 18.9. The molecule has 0 radical (unpaired) electrons. The summed E-state index contributed by atoms with van der Waals surface area (Å²) in [5.41, 5.74) is 0.781. The average molecular weight is 379 g/mol. The van der Waals surface area contributed by atoms with Gasteiger partial charge >= 0.3 is 5.97 Å². The van der Waals surface area contributed by atoms with Crippen LogP contribution in [0.4, 0.5) is 5.69 Å². The summed E-state index contributed by atoms with van der Waals surface area (Å²) in [6.45, 7) is -0.425. The number of ether oxygens (including phenoxy) is 2. The van der Waals surface area contributed by atoms with E-state index in [2.05, 4.69) is 5.32 Å². The molecule has 142 valence electrons. The molecule has 0 saturated heterocycles. The monoisotopic (exact) mass is 379 g/mol. The zero-order valence-corrected chi connectivity index (χ0v) is 15.0. The fraction of sp³-hybridized carbons (Fsp3) is 0.0952. The Labute approximate surface area is 160 Å². The number of hydrogen-bond acceptors (Lipinski definition) is 6. The quantitative estimate of drug-likeness (QED) is 0.498. The van der Waals surface area contributed by atoms with E-state index >= 15 is 0 Å². The number of ketones is 1. The Morgan fingerprint density at radius 1 is 0.964 bits per heavy atom. The molecule has 0 bridgehead atoms. The molecular formula is C21H17NO6. The van der Waals surface area contributed by atoms with Crippen LogP contribution in [-0.2, 0) is 4.74 Å². The predicted molar refractivity (Wildman–Crippen MR) is 101 cm³/mol. The van der Waals surface area contributed by atoms with Crippen molar-refractivity contribution in [2.45, 2.75) is 0 Å². The summed E-state index contributed by atoms with van der Waals surface area (Å²) in [7, 11) is 1.53. The number of anilines is 1. The normalized spacial score (nSPS) is 10.2. The SMILES string of the molecule is COc1ccc(C(=O)COC(=O)c2ccccc2NC(=O)c2ccco2)cc1. The van der Waals surface area contributed by atoms with Gasteiger partial charge in [-0.25, -0.2) is 4.79 Å². The first-order valence-electron chi connectivity index (χ1n) is 8.36. The largest absolute Gasteiger partial charge is 0.497 e. The Morgan fingerprint density at radius 3 is 2.39 bits per heavy atom. The van der Waals surface area contributed by atoms with E-state index in [1.807, 2.05) is 0 Å². The molecule has 0 aliphatic carbocycles. The highest BCUT2D eigenvalue weighted by Crippen LogP contribution is 2.18. The first-order chi connectivity index (χ1) is 13.6. The molecule has 1 aromatic heterocycles. The van der Waals surface area contributed by atoms with Crippen LogP contribution in [0, 0.1) is 0 Å². The highest BCUT2D eigenvalue weighted by atomic mass is 16.5. The summed E-state index contributed by atoms with van der Waals surface area (Å²) in [6.07, 6.45) is 1.37. The summed E-state index contributed by atoms with van der Waals surface area (Å²) in [4.78, 5) is 36.7. The van der Waals surface area contributed by atoms with Crippen LogP contribution in [0.1, 0.15) is 31.3 Å². The van der Waals surface area contributed by atoms with Gasteiger partial charge in [-0.1, -0.05) is 12.1 Å². The van der Waals surface area contributed by atoms with Crippen molar-refractivity contribution in [2.75, 3.05) is 19.0 Å².